The third-order valence-corrected chi connectivity index (χ3v) is 5.28. The van der Waals surface area contributed by atoms with Gasteiger partial charge in [0.1, 0.15) is 5.75 Å². The number of para-hydroxylation sites is 1. The molecule has 4 heteroatoms. The van der Waals surface area contributed by atoms with E-state index in [-0.39, 0.29) is 12.0 Å². The van der Waals surface area contributed by atoms with Crippen LogP contribution in [0, 0.1) is 5.92 Å². The number of fused-ring (bicyclic) bond motifs is 3. The minimum atomic E-state index is -0.307. The topological polar surface area (TPSA) is 47.6 Å². The summed E-state index contributed by atoms with van der Waals surface area (Å²) in [5.41, 5.74) is 3.86. The van der Waals surface area contributed by atoms with Gasteiger partial charge in [0, 0.05) is 5.92 Å². The van der Waals surface area contributed by atoms with Crippen molar-refractivity contribution in [2.24, 2.45) is 5.92 Å². The Bertz CT molecular complexity index is 826. The van der Waals surface area contributed by atoms with Gasteiger partial charge in [-0.1, -0.05) is 36.4 Å². The molecule has 0 unspecified atom stereocenters. The lowest BCUT2D eigenvalue weighted by Crippen LogP contribution is -2.30. The number of hydrogen-bond acceptors (Lipinski definition) is 4. The molecule has 0 fully saturated rings. The molecule has 0 spiro atoms. The number of carbonyl (C=O) groups excluding carboxylic acids is 1. The summed E-state index contributed by atoms with van der Waals surface area (Å²) >= 11 is 0. The lowest BCUT2D eigenvalue weighted by atomic mass is 9.76. The largest absolute Gasteiger partial charge is 0.497 e. The Kier molecular flexibility index (Phi) is 3.96. The fraction of sp³-hybridized carbons (Fsp3) is 0.286. The second-order valence-corrected chi connectivity index (χ2v) is 6.51. The van der Waals surface area contributed by atoms with E-state index in [0.717, 1.165) is 17.9 Å². The van der Waals surface area contributed by atoms with Crippen molar-refractivity contribution in [2.45, 2.75) is 18.4 Å². The van der Waals surface area contributed by atoms with Gasteiger partial charge >= 0.3 is 5.97 Å². The minimum Gasteiger partial charge on any atom is -0.497 e. The molecule has 1 heterocycles. The smallest absolute Gasteiger partial charge is 0.339 e. The van der Waals surface area contributed by atoms with Crippen LogP contribution in [-0.4, -0.2) is 20.2 Å². The average molecular weight is 335 g/mol. The van der Waals surface area contributed by atoms with E-state index in [1.165, 1.54) is 18.2 Å². The molecule has 1 aliphatic carbocycles. The SMILES string of the molecule is COC(=O)c1cccc2c1N[C@@H](c1ccc(OC)cc1)[C@H]1CC=C[C@@H]21. The Morgan fingerprint density at radius 3 is 2.64 bits per heavy atom. The fourth-order valence-electron chi connectivity index (χ4n) is 4.04. The Balaban J connectivity index is 1.78. The van der Waals surface area contributed by atoms with Crippen molar-refractivity contribution in [3.63, 3.8) is 0 Å². The average Bonchev–Trinajstić information content (AvgIpc) is 3.16. The molecular formula is C21H21NO3. The first kappa shape index (κ1) is 15.8. The van der Waals surface area contributed by atoms with Gasteiger partial charge in [-0.2, -0.15) is 0 Å². The Hall–Kier alpha value is -2.75. The third kappa shape index (κ3) is 2.58. The zero-order valence-electron chi connectivity index (χ0n) is 14.4. The molecule has 128 valence electrons. The number of esters is 1. The Morgan fingerprint density at radius 1 is 1.12 bits per heavy atom. The quantitative estimate of drug-likeness (QED) is 0.671. The highest BCUT2D eigenvalue weighted by Gasteiger charge is 2.39. The van der Waals surface area contributed by atoms with Crippen molar-refractivity contribution in [2.75, 3.05) is 19.5 Å². The van der Waals surface area contributed by atoms with Crippen molar-refractivity contribution >= 4 is 11.7 Å². The number of anilines is 1. The highest BCUT2D eigenvalue weighted by atomic mass is 16.5. The maximum absolute atomic E-state index is 12.2. The molecule has 0 saturated heterocycles. The molecule has 4 rings (SSSR count). The van der Waals surface area contributed by atoms with Crippen molar-refractivity contribution in [3.05, 3.63) is 71.3 Å². The van der Waals surface area contributed by atoms with Crippen LogP contribution < -0.4 is 10.1 Å². The molecule has 0 bridgehead atoms. The fourth-order valence-corrected chi connectivity index (χ4v) is 4.04. The molecule has 3 atom stereocenters. The second kappa shape index (κ2) is 6.28. The summed E-state index contributed by atoms with van der Waals surface area (Å²) in [6.45, 7) is 0. The van der Waals surface area contributed by atoms with Gasteiger partial charge in [-0.3, -0.25) is 0 Å². The van der Waals surface area contributed by atoms with Gasteiger partial charge < -0.3 is 14.8 Å². The number of methoxy groups -OCH3 is 2. The van der Waals surface area contributed by atoms with E-state index in [2.05, 4.69) is 35.7 Å². The zero-order valence-corrected chi connectivity index (χ0v) is 14.4. The molecule has 1 aliphatic heterocycles. The lowest BCUT2D eigenvalue weighted by Gasteiger charge is -2.38. The molecule has 0 aromatic heterocycles. The number of benzene rings is 2. The molecule has 25 heavy (non-hydrogen) atoms. The lowest BCUT2D eigenvalue weighted by molar-refractivity contribution is 0.0601. The maximum atomic E-state index is 12.2. The third-order valence-electron chi connectivity index (χ3n) is 5.28. The Labute approximate surface area is 147 Å². The summed E-state index contributed by atoms with van der Waals surface area (Å²) in [5.74, 6) is 1.29. The number of carbonyl (C=O) groups is 1. The van der Waals surface area contributed by atoms with E-state index in [0.29, 0.717) is 17.4 Å². The van der Waals surface area contributed by atoms with E-state index in [9.17, 15) is 4.79 Å². The number of ether oxygens (including phenoxy) is 2. The molecule has 0 amide bonds. The van der Waals surface area contributed by atoms with E-state index >= 15 is 0 Å². The van der Waals surface area contributed by atoms with E-state index in [1.54, 1.807) is 7.11 Å². The maximum Gasteiger partial charge on any atom is 0.339 e. The van der Waals surface area contributed by atoms with E-state index in [1.807, 2.05) is 24.3 Å². The van der Waals surface area contributed by atoms with Crippen LogP contribution in [-0.2, 0) is 4.74 Å². The van der Waals surface area contributed by atoms with Crippen LogP contribution in [0.1, 0.15) is 39.9 Å². The summed E-state index contributed by atoms with van der Waals surface area (Å²) in [6, 6.07) is 14.2. The first-order valence-corrected chi connectivity index (χ1v) is 8.51. The van der Waals surface area contributed by atoms with Gasteiger partial charge in [-0.25, -0.2) is 4.79 Å². The number of nitrogens with one attached hydrogen (secondary N) is 1. The van der Waals surface area contributed by atoms with Crippen molar-refractivity contribution in [1.82, 2.24) is 0 Å². The van der Waals surface area contributed by atoms with Crippen LogP contribution >= 0.6 is 0 Å². The van der Waals surface area contributed by atoms with E-state index in [4.69, 9.17) is 9.47 Å². The van der Waals surface area contributed by atoms with Crippen LogP contribution in [0.5, 0.6) is 5.75 Å². The molecule has 1 N–H and O–H groups in total. The molecule has 2 aliphatic rings. The summed E-state index contributed by atoms with van der Waals surface area (Å²) < 4.78 is 10.2. The van der Waals surface area contributed by atoms with Gasteiger partial charge in [0.05, 0.1) is 31.5 Å². The van der Waals surface area contributed by atoms with Crippen molar-refractivity contribution in [1.29, 1.82) is 0 Å². The number of hydrogen-bond donors (Lipinski definition) is 1. The first-order chi connectivity index (χ1) is 12.2. The number of rotatable bonds is 3. The molecule has 4 nitrogen and oxygen atoms in total. The van der Waals surface area contributed by atoms with Crippen LogP contribution in [0.4, 0.5) is 5.69 Å². The van der Waals surface area contributed by atoms with Crippen molar-refractivity contribution in [3.8, 4) is 5.75 Å². The van der Waals surface area contributed by atoms with Crippen LogP contribution in [0.2, 0.25) is 0 Å². The summed E-state index contributed by atoms with van der Waals surface area (Å²) in [5, 5.41) is 3.62. The summed E-state index contributed by atoms with van der Waals surface area (Å²) in [4.78, 5) is 12.2. The monoisotopic (exact) mass is 335 g/mol. The first-order valence-electron chi connectivity index (χ1n) is 8.51. The predicted octanol–water partition coefficient (Wildman–Crippen LogP) is 4.31. The highest BCUT2D eigenvalue weighted by Crippen LogP contribution is 2.50. The van der Waals surface area contributed by atoms with Gasteiger partial charge in [0.2, 0.25) is 0 Å². The summed E-state index contributed by atoms with van der Waals surface area (Å²) in [6.07, 6.45) is 5.53. The van der Waals surface area contributed by atoms with Crippen LogP contribution in [0.3, 0.4) is 0 Å². The van der Waals surface area contributed by atoms with Gasteiger partial charge in [-0.15, -0.1) is 0 Å². The van der Waals surface area contributed by atoms with Gasteiger partial charge in [-0.05, 0) is 41.7 Å². The molecule has 0 radical (unpaired) electrons. The predicted molar refractivity (Wildman–Crippen MR) is 97.1 cm³/mol. The van der Waals surface area contributed by atoms with Crippen LogP contribution in [0.15, 0.2) is 54.6 Å². The molecule has 0 saturated carbocycles. The summed E-state index contributed by atoms with van der Waals surface area (Å²) in [7, 11) is 3.09. The van der Waals surface area contributed by atoms with Crippen molar-refractivity contribution < 1.29 is 14.3 Å². The molecule has 2 aromatic rings. The van der Waals surface area contributed by atoms with Crippen LogP contribution in [0.25, 0.3) is 0 Å². The standard InChI is InChI=1S/C21H21NO3/c1-24-14-11-9-13(10-12-14)19-16-6-3-5-15(16)17-7-4-8-18(20(17)22-19)21(23)25-2/h3-5,7-12,15-16,19,22H,6H2,1-2H3/t15-,16+,19+/m1/s1. The Morgan fingerprint density at radius 2 is 1.92 bits per heavy atom. The van der Waals surface area contributed by atoms with Gasteiger partial charge in [0.15, 0.2) is 0 Å². The zero-order chi connectivity index (χ0) is 17.4. The second-order valence-electron chi connectivity index (χ2n) is 6.51. The highest BCUT2D eigenvalue weighted by molar-refractivity contribution is 5.97. The normalized spacial score (nSPS) is 23.4. The molecular weight excluding hydrogens is 314 g/mol. The minimum absolute atomic E-state index is 0.143. The van der Waals surface area contributed by atoms with E-state index < -0.39 is 0 Å². The van der Waals surface area contributed by atoms with Gasteiger partial charge in [0.25, 0.3) is 0 Å². The molecule has 2 aromatic carbocycles. The number of allylic oxidation sites excluding steroid dienone is 2.